The van der Waals surface area contributed by atoms with E-state index in [0.29, 0.717) is 55.8 Å². The third kappa shape index (κ3) is 5.78. The van der Waals surface area contributed by atoms with E-state index < -0.39 is 17.7 Å². The Hall–Kier alpha value is -3.32. The summed E-state index contributed by atoms with van der Waals surface area (Å²) in [5, 5.41) is 11.2. The second kappa shape index (κ2) is 11.7. The van der Waals surface area contributed by atoms with Gasteiger partial charge in [-0.1, -0.05) is 26.0 Å². The van der Waals surface area contributed by atoms with Gasteiger partial charge in [0, 0.05) is 25.8 Å². The van der Waals surface area contributed by atoms with E-state index >= 15 is 0 Å². The molecule has 1 atom stereocenters. The van der Waals surface area contributed by atoms with Crippen molar-refractivity contribution in [2.75, 3.05) is 33.5 Å². The molecular formula is C27H33NO6. The van der Waals surface area contributed by atoms with Crippen molar-refractivity contribution >= 4 is 17.4 Å². The minimum absolute atomic E-state index is 0.0717. The molecule has 34 heavy (non-hydrogen) atoms. The van der Waals surface area contributed by atoms with E-state index in [-0.39, 0.29) is 11.3 Å². The molecule has 0 spiro atoms. The minimum atomic E-state index is -0.704. The minimum Gasteiger partial charge on any atom is -0.507 e. The Balaban J connectivity index is 1.99. The number of hydrogen-bond acceptors (Lipinski definition) is 6. The summed E-state index contributed by atoms with van der Waals surface area (Å²) in [6.07, 6.45) is 0.568. The monoisotopic (exact) mass is 467 g/mol. The number of amides is 1. The fourth-order valence-electron chi connectivity index (χ4n) is 3.88. The van der Waals surface area contributed by atoms with Gasteiger partial charge in [-0.2, -0.15) is 0 Å². The Labute approximate surface area is 200 Å². The van der Waals surface area contributed by atoms with Gasteiger partial charge < -0.3 is 24.2 Å². The Morgan fingerprint density at radius 2 is 1.62 bits per heavy atom. The van der Waals surface area contributed by atoms with Crippen molar-refractivity contribution in [2.24, 2.45) is 5.92 Å². The molecule has 1 heterocycles. The van der Waals surface area contributed by atoms with Crippen LogP contribution in [0, 0.1) is 5.92 Å². The number of ketones is 1. The van der Waals surface area contributed by atoms with Crippen molar-refractivity contribution in [1.82, 2.24) is 4.90 Å². The lowest BCUT2D eigenvalue weighted by atomic mass is 9.95. The summed E-state index contributed by atoms with van der Waals surface area (Å²) in [6, 6.07) is 13.4. The second-order valence-electron chi connectivity index (χ2n) is 8.57. The van der Waals surface area contributed by atoms with Gasteiger partial charge in [0.05, 0.1) is 24.8 Å². The summed E-state index contributed by atoms with van der Waals surface area (Å²) in [5.41, 5.74) is 1.24. The fourth-order valence-corrected chi connectivity index (χ4v) is 3.88. The summed E-state index contributed by atoms with van der Waals surface area (Å²) < 4.78 is 16.4. The van der Waals surface area contributed by atoms with Crippen LogP contribution in [0.3, 0.4) is 0 Å². The maximum atomic E-state index is 13.1. The quantitative estimate of drug-likeness (QED) is 0.225. The summed E-state index contributed by atoms with van der Waals surface area (Å²) in [5.74, 6) is 0.216. The number of ether oxygens (including phenoxy) is 3. The zero-order valence-electron chi connectivity index (χ0n) is 20.2. The first-order chi connectivity index (χ1) is 16.4. The molecule has 0 aliphatic carbocycles. The predicted molar refractivity (Wildman–Crippen MR) is 130 cm³/mol. The summed E-state index contributed by atoms with van der Waals surface area (Å²) in [4.78, 5) is 27.5. The van der Waals surface area contributed by atoms with Crippen LogP contribution in [0.4, 0.5) is 0 Å². The number of carbonyl (C=O) groups is 2. The molecule has 7 nitrogen and oxygen atoms in total. The van der Waals surface area contributed by atoms with Crippen LogP contribution in [0.1, 0.15) is 44.4 Å². The van der Waals surface area contributed by atoms with Crippen LogP contribution in [0.2, 0.25) is 0 Å². The topological polar surface area (TPSA) is 85.3 Å². The molecule has 0 aromatic heterocycles. The molecule has 0 saturated carbocycles. The molecule has 1 aliphatic rings. The van der Waals surface area contributed by atoms with Crippen LogP contribution >= 0.6 is 0 Å². The first kappa shape index (κ1) is 25.3. The molecule has 2 aromatic carbocycles. The van der Waals surface area contributed by atoms with Crippen LogP contribution in [-0.4, -0.2) is 55.2 Å². The molecule has 1 aliphatic heterocycles. The summed E-state index contributed by atoms with van der Waals surface area (Å²) >= 11 is 0. The number of carbonyl (C=O) groups excluding carboxylic acids is 2. The van der Waals surface area contributed by atoms with E-state index in [4.69, 9.17) is 14.2 Å². The molecule has 7 heteroatoms. The SMILES string of the molecule is CCOc1ccc(C2/C(=C(\O)c3ccc(OCC(C)C)cc3)C(=O)C(=O)N2CCCOC)cc1. The average Bonchev–Trinajstić information content (AvgIpc) is 3.08. The van der Waals surface area contributed by atoms with Gasteiger partial charge in [-0.15, -0.1) is 0 Å². The van der Waals surface area contributed by atoms with Gasteiger partial charge in [-0.05, 0) is 61.2 Å². The van der Waals surface area contributed by atoms with E-state index in [1.54, 1.807) is 43.5 Å². The number of rotatable bonds is 11. The number of hydrogen-bond donors (Lipinski definition) is 1. The van der Waals surface area contributed by atoms with Crippen LogP contribution < -0.4 is 9.47 Å². The van der Waals surface area contributed by atoms with E-state index in [0.717, 1.165) is 5.56 Å². The van der Waals surface area contributed by atoms with Crippen LogP contribution in [-0.2, 0) is 14.3 Å². The van der Waals surface area contributed by atoms with Gasteiger partial charge in [0.1, 0.15) is 17.3 Å². The number of aliphatic hydroxyl groups excluding tert-OH is 1. The highest BCUT2D eigenvalue weighted by Gasteiger charge is 2.45. The van der Waals surface area contributed by atoms with Gasteiger partial charge in [-0.3, -0.25) is 9.59 Å². The maximum Gasteiger partial charge on any atom is 0.295 e. The van der Waals surface area contributed by atoms with Crippen molar-refractivity contribution in [2.45, 2.75) is 33.2 Å². The van der Waals surface area contributed by atoms with Crippen LogP contribution in [0.15, 0.2) is 54.1 Å². The first-order valence-corrected chi connectivity index (χ1v) is 11.6. The molecule has 1 fully saturated rings. The molecule has 1 unspecified atom stereocenters. The average molecular weight is 468 g/mol. The van der Waals surface area contributed by atoms with E-state index in [9.17, 15) is 14.7 Å². The highest BCUT2D eigenvalue weighted by atomic mass is 16.5. The zero-order chi connectivity index (χ0) is 24.7. The number of Topliss-reactive ketones (excluding diaryl/α,β-unsaturated/α-hetero) is 1. The number of nitrogens with zero attached hydrogens (tertiary/aromatic N) is 1. The first-order valence-electron chi connectivity index (χ1n) is 11.6. The van der Waals surface area contributed by atoms with Crippen molar-refractivity contribution < 1.29 is 28.9 Å². The van der Waals surface area contributed by atoms with Crippen molar-refractivity contribution in [3.63, 3.8) is 0 Å². The second-order valence-corrected chi connectivity index (χ2v) is 8.57. The lowest BCUT2D eigenvalue weighted by Gasteiger charge is -2.25. The Morgan fingerprint density at radius 3 is 2.21 bits per heavy atom. The van der Waals surface area contributed by atoms with Gasteiger partial charge in [-0.25, -0.2) is 0 Å². The van der Waals surface area contributed by atoms with E-state index in [1.165, 1.54) is 4.90 Å². The Morgan fingerprint density at radius 1 is 1.00 bits per heavy atom. The number of benzene rings is 2. The largest absolute Gasteiger partial charge is 0.507 e. The normalized spacial score (nSPS) is 17.4. The summed E-state index contributed by atoms with van der Waals surface area (Å²) in [6.45, 7) is 7.92. The highest BCUT2D eigenvalue weighted by Crippen LogP contribution is 2.40. The molecule has 1 saturated heterocycles. The van der Waals surface area contributed by atoms with E-state index in [1.807, 2.05) is 19.1 Å². The molecule has 1 N–H and O–H groups in total. The Bertz CT molecular complexity index is 1010. The van der Waals surface area contributed by atoms with Crippen molar-refractivity contribution in [3.8, 4) is 11.5 Å². The van der Waals surface area contributed by atoms with Gasteiger partial charge in [0.2, 0.25) is 0 Å². The standard InChI is InChI=1S/C27H33NO6/c1-5-33-21-11-7-19(8-12-21)24-23(26(30)27(31)28(24)15-6-16-32-4)25(29)20-9-13-22(14-10-20)34-17-18(2)3/h7-14,18,24,29H,5-6,15-17H2,1-4H3/b25-23+. The third-order valence-corrected chi connectivity index (χ3v) is 5.51. The lowest BCUT2D eigenvalue weighted by molar-refractivity contribution is -0.140. The highest BCUT2D eigenvalue weighted by molar-refractivity contribution is 6.46. The molecule has 182 valence electrons. The molecule has 1 amide bonds. The van der Waals surface area contributed by atoms with Crippen molar-refractivity contribution in [1.29, 1.82) is 0 Å². The van der Waals surface area contributed by atoms with Gasteiger partial charge >= 0.3 is 0 Å². The fraction of sp³-hybridized carbons (Fsp3) is 0.407. The molecule has 3 rings (SSSR count). The molecule has 0 radical (unpaired) electrons. The molecule has 2 aromatic rings. The van der Waals surface area contributed by atoms with Gasteiger partial charge in [0.15, 0.2) is 0 Å². The predicted octanol–water partition coefficient (Wildman–Crippen LogP) is 4.58. The number of methoxy groups -OCH3 is 1. The molecular weight excluding hydrogens is 434 g/mol. The van der Waals surface area contributed by atoms with Crippen LogP contribution in [0.5, 0.6) is 11.5 Å². The van der Waals surface area contributed by atoms with Crippen molar-refractivity contribution in [3.05, 3.63) is 65.2 Å². The van der Waals surface area contributed by atoms with Crippen LogP contribution in [0.25, 0.3) is 5.76 Å². The Kier molecular flexibility index (Phi) is 8.71. The summed E-state index contributed by atoms with van der Waals surface area (Å²) in [7, 11) is 1.59. The van der Waals surface area contributed by atoms with Gasteiger partial charge in [0.25, 0.3) is 11.7 Å². The third-order valence-electron chi connectivity index (χ3n) is 5.51. The lowest BCUT2D eigenvalue weighted by Crippen LogP contribution is -2.31. The number of likely N-dealkylation sites (tertiary alicyclic amines) is 1. The number of aliphatic hydroxyl groups is 1. The van der Waals surface area contributed by atoms with E-state index in [2.05, 4.69) is 13.8 Å². The molecule has 0 bridgehead atoms. The zero-order valence-corrected chi connectivity index (χ0v) is 20.2. The maximum absolute atomic E-state index is 13.1. The smallest absolute Gasteiger partial charge is 0.295 e.